The number of aromatic nitrogens is 3. The zero-order chi connectivity index (χ0) is 18.6. The minimum Gasteiger partial charge on any atom is -0.323 e. The first kappa shape index (κ1) is 17.2. The van der Waals surface area contributed by atoms with E-state index in [1.807, 2.05) is 48.7 Å². The van der Waals surface area contributed by atoms with Crippen molar-refractivity contribution in [3.05, 3.63) is 78.7 Å². The number of amides is 1. The van der Waals surface area contributed by atoms with Crippen molar-refractivity contribution in [3.8, 4) is 11.3 Å². The van der Waals surface area contributed by atoms with Crippen LogP contribution in [0.15, 0.2) is 78.0 Å². The normalized spacial score (nSPS) is 10.9. The fourth-order valence-electron chi connectivity index (χ4n) is 2.58. The van der Waals surface area contributed by atoms with Gasteiger partial charge >= 0.3 is 0 Å². The Labute approximate surface area is 159 Å². The Balaban J connectivity index is 1.45. The highest BCUT2D eigenvalue weighted by Gasteiger charge is 2.09. The molecule has 134 valence electrons. The predicted octanol–water partition coefficient (Wildman–Crippen LogP) is 4.27. The lowest BCUT2D eigenvalue weighted by Gasteiger charge is -2.05. The van der Waals surface area contributed by atoms with E-state index in [-0.39, 0.29) is 17.3 Å². The summed E-state index contributed by atoms with van der Waals surface area (Å²) in [5, 5.41) is 7.73. The molecule has 0 unspecified atom stereocenters. The molecule has 0 saturated carbocycles. The van der Waals surface area contributed by atoms with E-state index in [0.29, 0.717) is 5.03 Å². The number of carbonyl (C=O) groups excluding carboxylic acids is 1. The fourth-order valence-corrected chi connectivity index (χ4v) is 3.24. The quantitative estimate of drug-likeness (QED) is 0.527. The maximum absolute atomic E-state index is 13.6. The largest absolute Gasteiger partial charge is 0.323 e. The Morgan fingerprint density at radius 1 is 1.04 bits per heavy atom. The Kier molecular flexibility index (Phi) is 4.84. The van der Waals surface area contributed by atoms with Gasteiger partial charge in [0, 0.05) is 5.56 Å². The van der Waals surface area contributed by atoms with Crippen LogP contribution in [0.1, 0.15) is 0 Å². The molecule has 2 aromatic carbocycles. The van der Waals surface area contributed by atoms with Crippen LogP contribution < -0.4 is 5.32 Å². The van der Waals surface area contributed by atoms with Crippen LogP contribution in [-0.4, -0.2) is 26.3 Å². The number of nitrogens with zero attached hydrogens (tertiary/aromatic N) is 3. The molecule has 0 aliphatic carbocycles. The van der Waals surface area contributed by atoms with Crippen LogP contribution >= 0.6 is 11.8 Å². The van der Waals surface area contributed by atoms with E-state index in [1.54, 1.807) is 16.6 Å². The van der Waals surface area contributed by atoms with Crippen molar-refractivity contribution in [1.82, 2.24) is 14.6 Å². The van der Waals surface area contributed by atoms with Gasteiger partial charge in [0.25, 0.3) is 0 Å². The Bertz CT molecular complexity index is 1100. The lowest BCUT2D eigenvalue weighted by atomic mass is 10.2. The number of para-hydroxylation sites is 1. The molecule has 0 aliphatic rings. The fraction of sp³-hybridized carbons (Fsp3) is 0.0500. The number of hydrogen-bond donors (Lipinski definition) is 1. The first-order valence-corrected chi connectivity index (χ1v) is 9.27. The number of fused-ring (bicyclic) bond motifs is 1. The second kappa shape index (κ2) is 7.59. The number of nitrogens with one attached hydrogen (secondary N) is 1. The summed E-state index contributed by atoms with van der Waals surface area (Å²) in [7, 11) is 0. The maximum Gasteiger partial charge on any atom is 0.234 e. The van der Waals surface area contributed by atoms with Gasteiger partial charge in [-0.15, -0.1) is 0 Å². The van der Waals surface area contributed by atoms with E-state index >= 15 is 0 Å². The average molecular weight is 378 g/mol. The Morgan fingerprint density at radius 2 is 1.81 bits per heavy atom. The van der Waals surface area contributed by atoms with Crippen molar-refractivity contribution in [2.45, 2.75) is 5.03 Å². The molecule has 0 radical (unpaired) electrons. The van der Waals surface area contributed by atoms with Crippen molar-refractivity contribution < 1.29 is 9.18 Å². The molecule has 2 heterocycles. The van der Waals surface area contributed by atoms with Gasteiger partial charge in [-0.1, -0.05) is 54.2 Å². The summed E-state index contributed by atoms with van der Waals surface area (Å²) in [5.74, 6) is -0.613. The third kappa shape index (κ3) is 3.98. The molecule has 7 heteroatoms. The number of halogens is 1. The first-order valence-electron chi connectivity index (χ1n) is 8.28. The number of anilines is 1. The lowest BCUT2D eigenvalue weighted by molar-refractivity contribution is -0.113. The van der Waals surface area contributed by atoms with Crippen LogP contribution in [0.25, 0.3) is 16.9 Å². The Morgan fingerprint density at radius 3 is 2.63 bits per heavy atom. The zero-order valence-electron chi connectivity index (χ0n) is 14.2. The van der Waals surface area contributed by atoms with Crippen LogP contribution in [0.5, 0.6) is 0 Å². The molecule has 0 fully saturated rings. The van der Waals surface area contributed by atoms with Gasteiger partial charge in [0.05, 0.1) is 23.3 Å². The second-order valence-electron chi connectivity index (χ2n) is 5.78. The number of benzene rings is 2. The van der Waals surface area contributed by atoms with Crippen LogP contribution in [0.3, 0.4) is 0 Å². The predicted molar refractivity (Wildman–Crippen MR) is 104 cm³/mol. The molecule has 0 atom stereocenters. The van der Waals surface area contributed by atoms with Gasteiger partial charge < -0.3 is 5.32 Å². The number of carbonyl (C=O) groups is 1. The number of rotatable bonds is 5. The van der Waals surface area contributed by atoms with E-state index in [1.165, 1.54) is 23.9 Å². The molecular weight excluding hydrogens is 363 g/mol. The summed E-state index contributed by atoms with van der Waals surface area (Å²) in [6.45, 7) is 0. The van der Waals surface area contributed by atoms with E-state index in [2.05, 4.69) is 15.4 Å². The molecule has 1 amide bonds. The SMILES string of the molecule is O=C(CSc1ccc2nc(-c3ccccc3)cn2n1)Nc1ccccc1F. The van der Waals surface area contributed by atoms with Gasteiger partial charge in [0.15, 0.2) is 5.65 Å². The van der Waals surface area contributed by atoms with Crippen molar-refractivity contribution in [2.24, 2.45) is 0 Å². The van der Waals surface area contributed by atoms with Gasteiger partial charge in [-0.25, -0.2) is 13.9 Å². The van der Waals surface area contributed by atoms with Gasteiger partial charge in [-0.3, -0.25) is 4.79 Å². The van der Waals surface area contributed by atoms with Gasteiger partial charge in [0.1, 0.15) is 10.8 Å². The lowest BCUT2D eigenvalue weighted by Crippen LogP contribution is -2.15. The Hall–Kier alpha value is -3.19. The first-order chi connectivity index (χ1) is 13.2. The number of thioether (sulfide) groups is 1. The summed E-state index contributed by atoms with van der Waals surface area (Å²) >= 11 is 1.28. The van der Waals surface area contributed by atoms with Crippen LogP contribution in [0.2, 0.25) is 0 Å². The molecular formula is C20H15FN4OS. The van der Waals surface area contributed by atoms with Crippen molar-refractivity contribution in [2.75, 3.05) is 11.1 Å². The standard InChI is InChI=1S/C20H15FN4OS/c21-15-8-4-5-9-16(15)23-19(26)13-27-20-11-10-18-22-17(12-25(18)24-20)14-6-2-1-3-7-14/h1-12H,13H2,(H,23,26). The molecule has 4 aromatic rings. The van der Waals surface area contributed by atoms with E-state index in [9.17, 15) is 9.18 Å². The molecule has 0 spiro atoms. The molecule has 2 aromatic heterocycles. The van der Waals surface area contributed by atoms with Gasteiger partial charge in [-0.2, -0.15) is 5.10 Å². The monoisotopic (exact) mass is 378 g/mol. The summed E-state index contributed by atoms with van der Waals surface area (Å²) in [6.07, 6.45) is 1.86. The third-order valence-electron chi connectivity index (χ3n) is 3.86. The highest BCUT2D eigenvalue weighted by Crippen LogP contribution is 2.21. The summed E-state index contributed by atoms with van der Waals surface area (Å²) in [6, 6.07) is 19.6. The third-order valence-corrected chi connectivity index (χ3v) is 4.78. The molecule has 0 bridgehead atoms. The molecule has 4 rings (SSSR count). The van der Waals surface area contributed by atoms with Gasteiger partial charge in [-0.05, 0) is 24.3 Å². The second-order valence-corrected chi connectivity index (χ2v) is 6.78. The zero-order valence-corrected chi connectivity index (χ0v) is 15.0. The van der Waals surface area contributed by atoms with Crippen LogP contribution in [0.4, 0.5) is 10.1 Å². The number of hydrogen-bond acceptors (Lipinski definition) is 4. The van der Waals surface area contributed by atoms with Crippen LogP contribution in [0, 0.1) is 5.82 Å². The maximum atomic E-state index is 13.6. The smallest absolute Gasteiger partial charge is 0.234 e. The molecule has 27 heavy (non-hydrogen) atoms. The summed E-state index contributed by atoms with van der Waals surface area (Å²) in [5.41, 5.74) is 2.76. The topological polar surface area (TPSA) is 59.3 Å². The molecule has 0 aliphatic heterocycles. The van der Waals surface area contributed by atoms with Gasteiger partial charge in [0.2, 0.25) is 5.91 Å². The molecule has 5 nitrogen and oxygen atoms in total. The van der Waals surface area contributed by atoms with Crippen molar-refractivity contribution in [3.63, 3.8) is 0 Å². The number of imidazole rings is 1. The van der Waals surface area contributed by atoms with E-state index in [4.69, 9.17) is 0 Å². The van der Waals surface area contributed by atoms with E-state index < -0.39 is 5.82 Å². The summed E-state index contributed by atoms with van der Waals surface area (Å²) in [4.78, 5) is 16.6. The molecule has 1 N–H and O–H groups in total. The van der Waals surface area contributed by atoms with Crippen molar-refractivity contribution in [1.29, 1.82) is 0 Å². The highest BCUT2D eigenvalue weighted by molar-refractivity contribution is 7.99. The van der Waals surface area contributed by atoms with E-state index in [0.717, 1.165) is 16.9 Å². The van der Waals surface area contributed by atoms with Crippen molar-refractivity contribution >= 4 is 29.0 Å². The molecule has 0 saturated heterocycles. The summed E-state index contributed by atoms with van der Waals surface area (Å²) < 4.78 is 15.3. The van der Waals surface area contributed by atoms with Crippen LogP contribution in [-0.2, 0) is 4.79 Å². The highest BCUT2D eigenvalue weighted by atomic mass is 32.2. The minimum atomic E-state index is -0.456. The minimum absolute atomic E-state index is 0.132. The average Bonchev–Trinajstić information content (AvgIpc) is 3.12.